The minimum absolute atomic E-state index is 0.0587. The molecule has 1 fully saturated rings. The van der Waals surface area contributed by atoms with E-state index in [4.69, 9.17) is 16.3 Å². The van der Waals surface area contributed by atoms with Gasteiger partial charge in [-0.1, -0.05) is 11.6 Å². The largest absolute Gasteiger partial charge is 0.376 e. The van der Waals surface area contributed by atoms with Crippen molar-refractivity contribution in [2.24, 2.45) is 0 Å². The summed E-state index contributed by atoms with van der Waals surface area (Å²) in [4.78, 5) is 21.9. The zero-order valence-corrected chi connectivity index (χ0v) is 15.7. The Morgan fingerprint density at radius 3 is 2.96 bits per heavy atom. The lowest BCUT2D eigenvalue weighted by Crippen LogP contribution is -2.40. The number of carbonyl (C=O) groups is 1. The van der Waals surface area contributed by atoms with E-state index in [1.54, 1.807) is 30.6 Å². The van der Waals surface area contributed by atoms with E-state index < -0.39 is 0 Å². The Labute approximate surface area is 162 Å². The monoisotopic (exact) mass is 381 g/mol. The van der Waals surface area contributed by atoms with Gasteiger partial charge in [0.15, 0.2) is 0 Å². The summed E-state index contributed by atoms with van der Waals surface area (Å²) in [5.74, 6) is -0.155. The highest BCUT2D eigenvalue weighted by atomic mass is 35.5. The lowest BCUT2D eigenvalue weighted by Gasteiger charge is -2.20. The Morgan fingerprint density at radius 2 is 2.22 bits per heavy atom. The van der Waals surface area contributed by atoms with Gasteiger partial charge in [-0.25, -0.2) is 4.98 Å². The quantitative estimate of drug-likeness (QED) is 0.733. The van der Waals surface area contributed by atoms with Crippen LogP contribution in [0.25, 0.3) is 22.2 Å². The van der Waals surface area contributed by atoms with Crippen LogP contribution in [0.1, 0.15) is 30.1 Å². The highest BCUT2D eigenvalue weighted by Crippen LogP contribution is 2.27. The minimum atomic E-state index is -0.155. The van der Waals surface area contributed by atoms with Gasteiger partial charge in [-0.05, 0) is 56.2 Å². The first kappa shape index (κ1) is 17.9. The highest BCUT2D eigenvalue weighted by molar-refractivity contribution is 6.31. The standard InChI is InChI=1S/C21H20ClN3O2/c1-13(20-5-3-9-27-20)24-21(26)17-11-19(14-4-2-8-23-12-14)25-18-7-6-15(22)10-16(17)18/h2,4,6-8,10-13,20H,3,5,9H2,1H3,(H,24,26)/t13-,20-/m0/s1. The second-order valence-corrected chi connectivity index (χ2v) is 7.21. The van der Waals surface area contributed by atoms with Crippen LogP contribution in [-0.2, 0) is 4.74 Å². The molecule has 2 atom stereocenters. The number of hydrogen-bond donors (Lipinski definition) is 1. The zero-order valence-electron chi connectivity index (χ0n) is 15.0. The molecular weight excluding hydrogens is 362 g/mol. The number of halogens is 1. The van der Waals surface area contributed by atoms with Gasteiger partial charge in [0.05, 0.1) is 28.9 Å². The van der Waals surface area contributed by atoms with Gasteiger partial charge < -0.3 is 10.1 Å². The summed E-state index contributed by atoms with van der Waals surface area (Å²) < 4.78 is 5.69. The molecule has 27 heavy (non-hydrogen) atoms. The molecule has 3 heterocycles. The Hall–Kier alpha value is -2.50. The normalized spacial score (nSPS) is 17.8. The third-order valence-corrected chi connectivity index (χ3v) is 5.09. The topological polar surface area (TPSA) is 64.1 Å². The maximum absolute atomic E-state index is 13.1. The van der Waals surface area contributed by atoms with E-state index in [1.165, 1.54) is 0 Å². The zero-order chi connectivity index (χ0) is 18.8. The van der Waals surface area contributed by atoms with E-state index in [1.807, 2.05) is 25.1 Å². The first-order valence-corrected chi connectivity index (χ1v) is 9.43. The van der Waals surface area contributed by atoms with Gasteiger partial charge in [-0.2, -0.15) is 0 Å². The van der Waals surface area contributed by atoms with E-state index in [0.29, 0.717) is 16.3 Å². The van der Waals surface area contributed by atoms with Crippen molar-refractivity contribution < 1.29 is 9.53 Å². The van der Waals surface area contributed by atoms with E-state index in [0.717, 1.165) is 35.9 Å². The molecule has 0 radical (unpaired) electrons. The summed E-state index contributed by atoms with van der Waals surface area (Å²) in [5.41, 5.74) is 2.82. The summed E-state index contributed by atoms with van der Waals surface area (Å²) in [5, 5.41) is 4.38. The maximum Gasteiger partial charge on any atom is 0.252 e. The van der Waals surface area contributed by atoms with Gasteiger partial charge >= 0.3 is 0 Å². The van der Waals surface area contributed by atoms with Crippen LogP contribution in [0.3, 0.4) is 0 Å². The third-order valence-electron chi connectivity index (χ3n) is 4.85. The number of hydrogen-bond acceptors (Lipinski definition) is 4. The van der Waals surface area contributed by atoms with Gasteiger partial charge in [0, 0.05) is 35.0 Å². The molecule has 0 saturated carbocycles. The Kier molecular flexibility index (Phi) is 5.05. The van der Waals surface area contributed by atoms with Crippen LogP contribution >= 0.6 is 11.6 Å². The molecular formula is C21H20ClN3O2. The summed E-state index contributed by atoms with van der Waals surface area (Å²) in [6.07, 6.45) is 5.50. The number of amides is 1. The van der Waals surface area contributed by atoms with Crippen LogP contribution in [0.5, 0.6) is 0 Å². The van der Waals surface area contributed by atoms with Crippen molar-refractivity contribution in [1.82, 2.24) is 15.3 Å². The van der Waals surface area contributed by atoms with Crippen LogP contribution in [0.15, 0.2) is 48.8 Å². The summed E-state index contributed by atoms with van der Waals surface area (Å²) in [7, 11) is 0. The third kappa shape index (κ3) is 3.80. The lowest BCUT2D eigenvalue weighted by atomic mass is 10.0. The smallest absolute Gasteiger partial charge is 0.252 e. The number of ether oxygens (including phenoxy) is 1. The molecule has 0 aliphatic carbocycles. The number of nitrogens with zero attached hydrogens (tertiary/aromatic N) is 2. The Bertz CT molecular complexity index is 972. The minimum Gasteiger partial charge on any atom is -0.376 e. The predicted molar refractivity (Wildman–Crippen MR) is 106 cm³/mol. The molecule has 1 aliphatic rings. The van der Waals surface area contributed by atoms with Gasteiger partial charge in [0.25, 0.3) is 5.91 Å². The molecule has 0 spiro atoms. The number of aromatic nitrogens is 2. The molecule has 1 aromatic carbocycles. The number of fused-ring (bicyclic) bond motifs is 1. The molecule has 138 valence electrons. The second-order valence-electron chi connectivity index (χ2n) is 6.77. The van der Waals surface area contributed by atoms with Gasteiger partial charge in [-0.15, -0.1) is 0 Å². The second kappa shape index (κ2) is 7.62. The number of pyridine rings is 2. The van der Waals surface area contributed by atoms with E-state index in [-0.39, 0.29) is 18.1 Å². The van der Waals surface area contributed by atoms with Crippen molar-refractivity contribution in [3.63, 3.8) is 0 Å². The first-order valence-electron chi connectivity index (χ1n) is 9.05. The highest BCUT2D eigenvalue weighted by Gasteiger charge is 2.25. The van der Waals surface area contributed by atoms with E-state index in [9.17, 15) is 4.79 Å². The van der Waals surface area contributed by atoms with Crippen molar-refractivity contribution in [2.45, 2.75) is 31.9 Å². The fraction of sp³-hybridized carbons (Fsp3) is 0.286. The number of benzene rings is 1. The molecule has 4 rings (SSSR count). The van der Waals surface area contributed by atoms with Gasteiger partial charge in [0.1, 0.15) is 0 Å². The molecule has 3 aromatic rings. The summed E-state index contributed by atoms with van der Waals surface area (Å²) in [6.45, 7) is 2.73. The van der Waals surface area contributed by atoms with Crippen molar-refractivity contribution in [2.75, 3.05) is 6.61 Å². The summed E-state index contributed by atoms with van der Waals surface area (Å²) in [6, 6.07) is 10.9. The van der Waals surface area contributed by atoms with E-state index >= 15 is 0 Å². The fourth-order valence-corrected chi connectivity index (χ4v) is 3.59. The molecule has 0 unspecified atom stereocenters. The molecule has 0 bridgehead atoms. The molecule has 1 aliphatic heterocycles. The van der Waals surface area contributed by atoms with Crippen LogP contribution < -0.4 is 5.32 Å². The molecule has 2 aromatic heterocycles. The molecule has 1 amide bonds. The van der Waals surface area contributed by atoms with Crippen LogP contribution in [0.2, 0.25) is 5.02 Å². The average Bonchev–Trinajstić information content (AvgIpc) is 3.23. The van der Waals surface area contributed by atoms with Crippen LogP contribution in [0.4, 0.5) is 0 Å². The maximum atomic E-state index is 13.1. The van der Waals surface area contributed by atoms with Gasteiger partial charge in [-0.3, -0.25) is 9.78 Å². The van der Waals surface area contributed by atoms with Crippen LogP contribution in [0, 0.1) is 0 Å². The van der Waals surface area contributed by atoms with Crippen molar-refractivity contribution in [1.29, 1.82) is 0 Å². The van der Waals surface area contributed by atoms with E-state index in [2.05, 4.69) is 15.3 Å². The number of nitrogens with one attached hydrogen (secondary N) is 1. The summed E-state index contributed by atoms with van der Waals surface area (Å²) >= 11 is 6.17. The molecule has 6 heteroatoms. The molecule has 5 nitrogen and oxygen atoms in total. The first-order chi connectivity index (χ1) is 13.1. The van der Waals surface area contributed by atoms with Crippen molar-refractivity contribution >= 4 is 28.4 Å². The number of carbonyl (C=O) groups excluding carboxylic acids is 1. The predicted octanol–water partition coefficient (Wildman–Crippen LogP) is 4.25. The Morgan fingerprint density at radius 1 is 1.33 bits per heavy atom. The molecule has 1 N–H and O–H groups in total. The lowest BCUT2D eigenvalue weighted by molar-refractivity contribution is 0.0713. The SMILES string of the molecule is C[C@H](NC(=O)c1cc(-c2cccnc2)nc2ccc(Cl)cc12)[C@@H]1CCCO1. The number of rotatable bonds is 4. The van der Waals surface area contributed by atoms with Crippen LogP contribution in [-0.4, -0.2) is 34.6 Å². The Balaban J connectivity index is 1.75. The average molecular weight is 382 g/mol. The van der Waals surface area contributed by atoms with Crippen molar-refractivity contribution in [3.8, 4) is 11.3 Å². The molecule has 1 saturated heterocycles. The van der Waals surface area contributed by atoms with Gasteiger partial charge in [0.2, 0.25) is 0 Å². The fourth-order valence-electron chi connectivity index (χ4n) is 3.42. The van der Waals surface area contributed by atoms with Crippen molar-refractivity contribution in [3.05, 3.63) is 59.4 Å².